The van der Waals surface area contributed by atoms with Crippen molar-refractivity contribution in [3.8, 4) is 0 Å². The van der Waals surface area contributed by atoms with Gasteiger partial charge in [0.05, 0.1) is 18.2 Å². The van der Waals surface area contributed by atoms with Gasteiger partial charge in [-0.1, -0.05) is 26.0 Å². The monoisotopic (exact) mass is 465 g/mol. The van der Waals surface area contributed by atoms with Gasteiger partial charge in [0.25, 0.3) is 0 Å². The zero-order valence-electron chi connectivity index (χ0n) is 20.3. The molecule has 1 unspecified atom stereocenters. The zero-order valence-corrected chi connectivity index (χ0v) is 20.3. The maximum atomic E-state index is 13.5. The standard InChI is InChI=1S/C25H35N7O2/c1-16(2)23-25(34)28-22-15-31(18-8-10-30(11-9-18)17(3)33)12-13-32(22)14-21-26-20-7-5-4-6-19(20)24(27-21)29-23/h4-7,16,18,22-23H,8-15H2,1-3H3,(H,28,34)(H,26,27,29)/t22?,23-/m0/s1. The normalized spacial score (nSPS) is 25.1. The number of aromatic nitrogens is 2. The number of amides is 2. The Balaban J connectivity index is 1.40. The third kappa shape index (κ3) is 4.59. The highest BCUT2D eigenvalue weighted by molar-refractivity contribution is 5.92. The Morgan fingerprint density at radius 2 is 1.76 bits per heavy atom. The molecule has 3 aliphatic heterocycles. The van der Waals surface area contributed by atoms with Crippen molar-refractivity contribution >= 4 is 28.5 Å². The number of hydrogen-bond donors (Lipinski definition) is 2. The number of fused-ring (bicyclic) bond motifs is 5. The van der Waals surface area contributed by atoms with Crippen molar-refractivity contribution in [1.29, 1.82) is 0 Å². The second-order valence-electron chi connectivity index (χ2n) is 10.1. The summed E-state index contributed by atoms with van der Waals surface area (Å²) in [7, 11) is 0. The van der Waals surface area contributed by atoms with Crippen LogP contribution in [0.15, 0.2) is 24.3 Å². The van der Waals surface area contributed by atoms with E-state index in [1.54, 1.807) is 6.92 Å². The van der Waals surface area contributed by atoms with Crippen LogP contribution in [0.3, 0.4) is 0 Å². The maximum absolute atomic E-state index is 13.5. The van der Waals surface area contributed by atoms with Crippen molar-refractivity contribution in [3.63, 3.8) is 0 Å². The fraction of sp³-hybridized carbons (Fsp3) is 0.600. The quantitative estimate of drug-likeness (QED) is 0.697. The van der Waals surface area contributed by atoms with E-state index in [2.05, 4.69) is 34.3 Å². The lowest BCUT2D eigenvalue weighted by Crippen LogP contribution is -2.64. The van der Waals surface area contributed by atoms with Crippen molar-refractivity contribution < 1.29 is 9.59 Å². The summed E-state index contributed by atoms with van der Waals surface area (Å²) in [5.41, 5.74) is 0.894. The molecule has 0 saturated carbocycles. The molecule has 0 spiro atoms. The number of nitrogens with zero attached hydrogens (tertiary/aromatic N) is 5. The first kappa shape index (κ1) is 23.0. The smallest absolute Gasteiger partial charge is 0.244 e. The van der Waals surface area contributed by atoms with Crippen molar-refractivity contribution in [2.75, 3.05) is 38.0 Å². The predicted octanol–water partition coefficient (Wildman–Crippen LogP) is 1.65. The highest BCUT2D eigenvalue weighted by Crippen LogP contribution is 2.26. The summed E-state index contributed by atoms with van der Waals surface area (Å²) in [5.74, 6) is 1.76. The summed E-state index contributed by atoms with van der Waals surface area (Å²) >= 11 is 0. The van der Waals surface area contributed by atoms with Gasteiger partial charge in [-0.2, -0.15) is 0 Å². The minimum Gasteiger partial charge on any atom is -0.358 e. The molecule has 2 bridgehead atoms. The van der Waals surface area contributed by atoms with Gasteiger partial charge in [0.15, 0.2) is 0 Å². The number of para-hydroxylation sites is 1. The molecule has 2 fully saturated rings. The van der Waals surface area contributed by atoms with Crippen molar-refractivity contribution in [2.24, 2.45) is 5.92 Å². The van der Waals surface area contributed by atoms with Gasteiger partial charge in [0.1, 0.15) is 17.7 Å². The first-order chi connectivity index (χ1) is 16.4. The molecule has 5 rings (SSSR count). The van der Waals surface area contributed by atoms with Gasteiger partial charge in [0.2, 0.25) is 11.8 Å². The van der Waals surface area contributed by atoms with Gasteiger partial charge in [-0.05, 0) is 30.9 Å². The van der Waals surface area contributed by atoms with Gasteiger partial charge < -0.3 is 15.5 Å². The van der Waals surface area contributed by atoms with Crippen molar-refractivity contribution in [3.05, 3.63) is 30.1 Å². The maximum Gasteiger partial charge on any atom is 0.244 e. The highest BCUT2D eigenvalue weighted by Gasteiger charge is 2.36. The molecule has 3 aliphatic rings. The SMILES string of the molecule is CC(=O)N1CCC(N2CCN3Cc4nc(c5ccccc5n4)N[C@@H](C(C)C)C(=O)NC3C2)CC1. The van der Waals surface area contributed by atoms with Crippen LogP contribution in [0.4, 0.5) is 5.82 Å². The van der Waals surface area contributed by atoms with Crippen molar-refractivity contribution in [1.82, 2.24) is 30.0 Å². The first-order valence-electron chi connectivity index (χ1n) is 12.4. The van der Waals surface area contributed by atoms with Gasteiger partial charge in [0, 0.05) is 51.1 Å². The van der Waals surface area contributed by atoms with Crippen LogP contribution < -0.4 is 10.6 Å². The van der Waals surface area contributed by atoms with Gasteiger partial charge in [-0.25, -0.2) is 9.97 Å². The van der Waals surface area contributed by atoms with Crippen LogP contribution in [0.5, 0.6) is 0 Å². The van der Waals surface area contributed by atoms with E-state index in [1.807, 2.05) is 29.2 Å². The molecule has 182 valence electrons. The third-order valence-electron chi connectivity index (χ3n) is 7.49. The zero-order chi connectivity index (χ0) is 23.8. The second-order valence-corrected chi connectivity index (χ2v) is 10.1. The Bertz CT molecular complexity index is 1070. The fourth-order valence-corrected chi connectivity index (χ4v) is 5.47. The Kier molecular flexibility index (Phi) is 6.40. The highest BCUT2D eigenvalue weighted by atomic mass is 16.2. The molecule has 2 atom stereocenters. The number of anilines is 1. The molecule has 1 aromatic carbocycles. The summed E-state index contributed by atoms with van der Waals surface area (Å²) in [5, 5.41) is 7.71. The Morgan fingerprint density at radius 1 is 1.03 bits per heavy atom. The van der Waals surface area contributed by atoms with Gasteiger partial charge >= 0.3 is 0 Å². The lowest BCUT2D eigenvalue weighted by molar-refractivity contribution is -0.131. The van der Waals surface area contributed by atoms with Crippen LogP contribution in [0.2, 0.25) is 0 Å². The average Bonchev–Trinajstić information content (AvgIpc) is 2.83. The van der Waals surface area contributed by atoms with Gasteiger partial charge in [-0.15, -0.1) is 0 Å². The Morgan fingerprint density at radius 3 is 2.50 bits per heavy atom. The van der Waals surface area contributed by atoms with Gasteiger partial charge in [-0.3, -0.25) is 19.4 Å². The number of rotatable bonds is 2. The average molecular weight is 466 g/mol. The Hall–Kier alpha value is -2.78. The van der Waals surface area contributed by atoms with E-state index in [1.165, 1.54) is 0 Å². The molecule has 34 heavy (non-hydrogen) atoms. The number of piperidine rings is 1. The lowest BCUT2D eigenvalue weighted by atomic mass is 10.0. The van der Waals surface area contributed by atoms with E-state index >= 15 is 0 Å². The number of carbonyl (C=O) groups is 2. The van der Waals surface area contributed by atoms with Crippen LogP contribution in [-0.2, 0) is 16.1 Å². The summed E-state index contributed by atoms with van der Waals surface area (Å²) < 4.78 is 0. The molecule has 2 aromatic rings. The van der Waals surface area contributed by atoms with Crippen LogP contribution in [0.25, 0.3) is 10.9 Å². The number of likely N-dealkylation sites (tertiary alicyclic amines) is 1. The molecular weight excluding hydrogens is 430 g/mol. The molecule has 9 nitrogen and oxygen atoms in total. The van der Waals surface area contributed by atoms with Crippen LogP contribution in [-0.4, -0.2) is 87.5 Å². The summed E-state index contributed by atoms with van der Waals surface area (Å²) in [6.45, 7) is 10.5. The Labute approximate surface area is 200 Å². The topological polar surface area (TPSA) is 93.7 Å². The molecule has 2 saturated heterocycles. The van der Waals surface area contributed by atoms with E-state index in [9.17, 15) is 9.59 Å². The third-order valence-corrected chi connectivity index (χ3v) is 7.49. The number of benzene rings is 1. The number of nitrogens with one attached hydrogen (secondary N) is 2. The van der Waals surface area contributed by atoms with Crippen LogP contribution >= 0.6 is 0 Å². The van der Waals surface area contributed by atoms with Crippen LogP contribution in [0, 0.1) is 5.92 Å². The molecule has 2 amide bonds. The largest absolute Gasteiger partial charge is 0.358 e. The predicted molar refractivity (Wildman–Crippen MR) is 131 cm³/mol. The number of hydrogen-bond acceptors (Lipinski definition) is 7. The molecular formula is C25H35N7O2. The van der Waals surface area contributed by atoms with E-state index in [0.717, 1.165) is 68.1 Å². The summed E-state index contributed by atoms with van der Waals surface area (Å²) in [6, 6.07) is 8.02. The van der Waals surface area contributed by atoms with Crippen molar-refractivity contribution in [2.45, 2.75) is 58.4 Å². The fourth-order valence-electron chi connectivity index (χ4n) is 5.47. The first-order valence-corrected chi connectivity index (χ1v) is 12.4. The molecule has 2 N–H and O–H groups in total. The minimum atomic E-state index is -0.389. The molecule has 4 heterocycles. The summed E-state index contributed by atoms with van der Waals surface area (Å²) in [4.78, 5) is 41.6. The molecule has 9 heteroatoms. The molecule has 0 radical (unpaired) electrons. The van der Waals surface area contributed by atoms with Crippen LogP contribution in [0.1, 0.15) is 39.4 Å². The van der Waals surface area contributed by atoms with E-state index in [-0.39, 0.29) is 29.9 Å². The lowest BCUT2D eigenvalue weighted by Gasteiger charge is -2.46. The van der Waals surface area contributed by atoms with E-state index in [4.69, 9.17) is 9.97 Å². The second kappa shape index (κ2) is 9.46. The molecule has 0 aliphatic carbocycles. The van der Waals surface area contributed by atoms with E-state index < -0.39 is 0 Å². The summed E-state index contributed by atoms with van der Waals surface area (Å²) in [6.07, 6.45) is 1.85. The van der Waals surface area contributed by atoms with E-state index in [0.29, 0.717) is 12.6 Å². The molecule has 1 aromatic heterocycles. The minimum absolute atomic E-state index is 0.00407. The number of carbonyl (C=O) groups excluding carboxylic acids is 2. The number of piperazine rings is 1.